The summed E-state index contributed by atoms with van der Waals surface area (Å²) in [6.45, 7) is 1.99. The Bertz CT molecular complexity index is 451. The van der Waals surface area contributed by atoms with E-state index in [1.54, 1.807) is 12.1 Å². The number of phenolic OH excluding ortho intramolecular Hbond substituents is 1. The van der Waals surface area contributed by atoms with Gasteiger partial charge in [0.2, 0.25) is 0 Å². The van der Waals surface area contributed by atoms with Crippen molar-refractivity contribution in [2.75, 3.05) is 0 Å². The van der Waals surface area contributed by atoms with E-state index in [1.807, 2.05) is 6.92 Å². The molecular weight excluding hydrogens is 282 g/mol. The van der Waals surface area contributed by atoms with E-state index in [9.17, 15) is 9.90 Å². The van der Waals surface area contributed by atoms with E-state index in [0.717, 1.165) is 12.8 Å². The van der Waals surface area contributed by atoms with Gasteiger partial charge in [0.05, 0.1) is 11.6 Å². The predicted molar refractivity (Wildman–Crippen MR) is 70.8 cm³/mol. The smallest absolute Gasteiger partial charge is 0.256 e. The van der Waals surface area contributed by atoms with Gasteiger partial charge in [-0.15, -0.1) is 6.42 Å². The summed E-state index contributed by atoms with van der Waals surface area (Å²) >= 11 is 3.21. The minimum Gasteiger partial charge on any atom is -0.507 e. The number of amides is 1. The van der Waals surface area contributed by atoms with E-state index in [-0.39, 0.29) is 23.3 Å². The monoisotopic (exact) mass is 295 g/mol. The number of hydrogen-bond acceptors (Lipinski definition) is 2. The zero-order valence-corrected chi connectivity index (χ0v) is 11.1. The fraction of sp³-hybridized carbons (Fsp3) is 0.308. The number of nitrogens with one attached hydrogen (secondary N) is 1. The highest BCUT2D eigenvalue weighted by molar-refractivity contribution is 9.10. The average Bonchev–Trinajstić information content (AvgIpc) is 2.28. The predicted octanol–water partition coefficient (Wildman–Crippen LogP) is 2.69. The number of terminal acetylenes is 1. The molecule has 0 aliphatic rings. The maximum Gasteiger partial charge on any atom is 0.256 e. The molecule has 1 aromatic rings. The third-order valence-corrected chi connectivity index (χ3v) is 2.78. The third-order valence-electron chi connectivity index (χ3n) is 2.29. The molecule has 1 amide bonds. The van der Waals surface area contributed by atoms with Crippen LogP contribution in [0.1, 0.15) is 30.1 Å². The molecule has 0 bridgehead atoms. The lowest BCUT2D eigenvalue weighted by atomic mass is 10.1. The van der Waals surface area contributed by atoms with Crippen molar-refractivity contribution in [3.05, 3.63) is 28.2 Å². The lowest BCUT2D eigenvalue weighted by Crippen LogP contribution is -2.33. The maximum absolute atomic E-state index is 11.8. The molecule has 1 atom stereocenters. The molecule has 0 aliphatic heterocycles. The van der Waals surface area contributed by atoms with Crippen LogP contribution >= 0.6 is 15.9 Å². The normalized spacial score (nSPS) is 11.6. The van der Waals surface area contributed by atoms with E-state index < -0.39 is 0 Å². The molecule has 0 aromatic heterocycles. The van der Waals surface area contributed by atoms with Gasteiger partial charge in [-0.1, -0.05) is 35.2 Å². The Morgan fingerprint density at radius 1 is 1.65 bits per heavy atom. The minimum absolute atomic E-state index is 0.0656. The fourth-order valence-electron chi connectivity index (χ4n) is 1.42. The van der Waals surface area contributed by atoms with Crippen LogP contribution in [0.15, 0.2) is 22.7 Å². The largest absolute Gasteiger partial charge is 0.507 e. The molecular formula is C13H14BrNO2. The van der Waals surface area contributed by atoms with Gasteiger partial charge in [-0.2, -0.15) is 0 Å². The Hall–Kier alpha value is -1.47. The van der Waals surface area contributed by atoms with Crippen LogP contribution in [-0.4, -0.2) is 17.1 Å². The number of carbonyl (C=O) groups excluding carboxylic acids is 1. The van der Waals surface area contributed by atoms with Crippen molar-refractivity contribution < 1.29 is 9.90 Å². The third kappa shape index (κ3) is 3.79. The van der Waals surface area contributed by atoms with Crippen molar-refractivity contribution >= 4 is 21.8 Å². The van der Waals surface area contributed by atoms with Crippen LogP contribution in [0.3, 0.4) is 0 Å². The van der Waals surface area contributed by atoms with Gasteiger partial charge < -0.3 is 10.4 Å². The Morgan fingerprint density at radius 2 is 2.35 bits per heavy atom. The second-order valence-corrected chi connectivity index (χ2v) is 4.56. The minimum atomic E-state index is -0.355. The molecule has 0 radical (unpaired) electrons. The molecule has 4 heteroatoms. The van der Waals surface area contributed by atoms with Crippen LogP contribution in [0, 0.1) is 12.3 Å². The number of halogens is 1. The van der Waals surface area contributed by atoms with Crippen molar-refractivity contribution in [3.63, 3.8) is 0 Å². The molecule has 0 spiro atoms. The van der Waals surface area contributed by atoms with E-state index in [4.69, 9.17) is 6.42 Å². The summed E-state index contributed by atoms with van der Waals surface area (Å²) in [7, 11) is 0. The zero-order chi connectivity index (χ0) is 12.8. The molecule has 0 fully saturated rings. The van der Waals surface area contributed by atoms with Crippen LogP contribution in [0.5, 0.6) is 5.75 Å². The molecule has 3 nitrogen and oxygen atoms in total. The van der Waals surface area contributed by atoms with Gasteiger partial charge in [0, 0.05) is 4.47 Å². The van der Waals surface area contributed by atoms with Gasteiger partial charge in [0.1, 0.15) is 5.75 Å². The molecule has 90 valence electrons. The van der Waals surface area contributed by atoms with Crippen molar-refractivity contribution in [2.24, 2.45) is 0 Å². The average molecular weight is 296 g/mol. The molecule has 0 saturated carbocycles. The van der Waals surface area contributed by atoms with Gasteiger partial charge in [-0.25, -0.2) is 0 Å². The van der Waals surface area contributed by atoms with Crippen LogP contribution in [0.2, 0.25) is 0 Å². The summed E-state index contributed by atoms with van der Waals surface area (Å²) in [5.74, 6) is 2.09. The lowest BCUT2D eigenvalue weighted by molar-refractivity contribution is 0.0941. The van der Waals surface area contributed by atoms with Crippen LogP contribution < -0.4 is 5.32 Å². The van der Waals surface area contributed by atoms with Crippen molar-refractivity contribution in [2.45, 2.75) is 25.8 Å². The van der Waals surface area contributed by atoms with Crippen molar-refractivity contribution in [1.82, 2.24) is 5.32 Å². The van der Waals surface area contributed by atoms with Crippen molar-refractivity contribution in [3.8, 4) is 18.1 Å². The topological polar surface area (TPSA) is 49.3 Å². The van der Waals surface area contributed by atoms with E-state index in [1.165, 1.54) is 6.07 Å². The molecule has 1 rings (SSSR count). The van der Waals surface area contributed by atoms with E-state index in [2.05, 4.69) is 27.2 Å². The molecule has 2 N–H and O–H groups in total. The summed E-state index contributed by atoms with van der Waals surface area (Å²) in [6, 6.07) is 4.42. The molecule has 1 aromatic carbocycles. The summed E-state index contributed by atoms with van der Waals surface area (Å²) in [6.07, 6.45) is 6.92. The highest BCUT2D eigenvalue weighted by Gasteiger charge is 2.14. The van der Waals surface area contributed by atoms with Gasteiger partial charge >= 0.3 is 0 Å². The summed E-state index contributed by atoms with van der Waals surface area (Å²) in [5.41, 5.74) is 0.226. The fourth-order valence-corrected chi connectivity index (χ4v) is 1.77. The second kappa shape index (κ2) is 6.31. The molecule has 0 heterocycles. The Labute approximate surface area is 109 Å². The maximum atomic E-state index is 11.8. The van der Waals surface area contributed by atoms with Gasteiger partial charge in [0.25, 0.3) is 5.91 Å². The number of rotatable bonds is 4. The van der Waals surface area contributed by atoms with Crippen LogP contribution in [0.4, 0.5) is 0 Å². The first-order chi connectivity index (χ1) is 8.08. The van der Waals surface area contributed by atoms with Crippen LogP contribution in [0.25, 0.3) is 0 Å². The van der Waals surface area contributed by atoms with Gasteiger partial charge in [0.15, 0.2) is 0 Å². The number of aromatic hydroxyl groups is 1. The standard InChI is InChI=1S/C13H14BrNO2/c1-3-5-10(4-2)15-13(17)11-7-6-9(14)8-12(11)16/h2,6-8,10,16H,3,5H2,1H3,(H,15,17). The summed E-state index contributed by atoms with van der Waals surface area (Å²) in [5, 5.41) is 12.3. The van der Waals surface area contributed by atoms with E-state index in [0.29, 0.717) is 4.47 Å². The summed E-state index contributed by atoms with van der Waals surface area (Å²) < 4.78 is 0.716. The first-order valence-electron chi connectivity index (χ1n) is 5.34. The molecule has 17 heavy (non-hydrogen) atoms. The number of hydrogen-bond donors (Lipinski definition) is 2. The lowest BCUT2D eigenvalue weighted by Gasteiger charge is -2.12. The van der Waals surface area contributed by atoms with Gasteiger partial charge in [-0.3, -0.25) is 4.79 Å². The number of carbonyl (C=O) groups is 1. The number of phenols is 1. The Balaban J connectivity index is 2.79. The van der Waals surface area contributed by atoms with Crippen molar-refractivity contribution in [1.29, 1.82) is 0 Å². The molecule has 1 unspecified atom stereocenters. The molecule has 0 saturated heterocycles. The van der Waals surface area contributed by atoms with E-state index >= 15 is 0 Å². The Kier molecular flexibility index (Phi) is 5.05. The zero-order valence-electron chi connectivity index (χ0n) is 9.53. The SMILES string of the molecule is C#CC(CCC)NC(=O)c1ccc(Br)cc1O. The van der Waals surface area contributed by atoms with Crippen LogP contribution in [-0.2, 0) is 0 Å². The second-order valence-electron chi connectivity index (χ2n) is 3.64. The highest BCUT2D eigenvalue weighted by Crippen LogP contribution is 2.22. The van der Waals surface area contributed by atoms with Gasteiger partial charge in [-0.05, 0) is 24.6 Å². The first-order valence-corrected chi connectivity index (χ1v) is 6.13. The number of benzene rings is 1. The summed E-state index contributed by atoms with van der Waals surface area (Å²) in [4.78, 5) is 11.8. The highest BCUT2D eigenvalue weighted by atomic mass is 79.9. The quantitative estimate of drug-likeness (QED) is 0.839. The first kappa shape index (κ1) is 13.6. The molecule has 0 aliphatic carbocycles. The Morgan fingerprint density at radius 3 is 2.88 bits per heavy atom.